The Kier molecular flexibility index (Phi) is 3.38. The molecule has 17 heavy (non-hydrogen) atoms. The third kappa shape index (κ3) is 2.44. The van der Waals surface area contributed by atoms with Crippen molar-refractivity contribution in [2.75, 3.05) is 11.9 Å². The molecule has 1 aliphatic carbocycles. The molecule has 1 aliphatic rings. The molecular formula is C12H13BrFNO2. The number of carboxylic acids is 1. The Balaban J connectivity index is 2.07. The van der Waals surface area contributed by atoms with Crippen molar-refractivity contribution in [3.63, 3.8) is 0 Å². The van der Waals surface area contributed by atoms with Crippen molar-refractivity contribution in [2.24, 2.45) is 5.41 Å². The van der Waals surface area contributed by atoms with Crippen molar-refractivity contribution >= 4 is 27.6 Å². The maximum absolute atomic E-state index is 13.4. The van der Waals surface area contributed by atoms with E-state index in [1.165, 1.54) is 6.07 Å². The van der Waals surface area contributed by atoms with Crippen LogP contribution in [0.4, 0.5) is 10.1 Å². The fraction of sp³-hybridized carbons (Fsp3) is 0.417. The monoisotopic (exact) mass is 301 g/mol. The van der Waals surface area contributed by atoms with E-state index in [1.807, 2.05) is 0 Å². The molecule has 5 heteroatoms. The van der Waals surface area contributed by atoms with Gasteiger partial charge in [-0.1, -0.05) is 22.4 Å². The number of halogens is 2. The molecule has 0 atom stereocenters. The Labute approximate surface area is 107 Å². The third-order valence-electron chi connectivity index (χ3n) is 3.31. The van der Waals surface area contributed by atoms with Gasteiger partial charge in [-0.15, -0.1) is 0 Å². The van der Waals surface area contributed by atoms with Gasteiger partial charge in [0.1, 0.15) is 5.82 Å². The Morgan fingerprint density at radius 2 is 2.24 bits per heavy atom. The fourth-order valence-corrected chi connectivity index (χ4v) is 2.33. The van der Waals surface area contributed by atoms with Crippen LogP contribution >= 0.6 is 15.9 Å². The largest absolute Gasteiger partial charge is 0.481 e. The number of benzene rings is 1. The molecule has 0 bridgehead atoms. The average molecular weight is 302 g/mol. The molecule has 0 unspecified atom stereocenters. The summed E-state index contributed by atoms with van der Waals surface area (Å²) in [6, 6.07) is 4.57. The summed E-state index contributed by atoms with van der Waals surface area (Å²) in [4.78, 5) is 11.1. The van der Waals surface area contributed by atoms with Gasteiger partial charge in [-0.2, -0.15) is 0 Å². The first-order valence-electron chi connectivity index (χ1n) is 5.46. The molecule has 1 aromatic carbocycles. The number of hydrogen-bond donors (Lipinski definition) is 2. The Morgan fingerprint density at radius 3 is 2.76 bits per heavy atom. The van der Waals surface area contributed by atoms with E-state index in [4.69, 9.17) is 5.11 Å². The molecule has 1 saturated carbocycles. The predicted molar refractivity (Wildman–Crippen MR) is 66.5 cm³/mol. The molecule has 0 amide bonds. The molecule has 0 spiro atoms. The Hall–Kier alpha value is -1.10. The summed E-state index contributed by atoms with van der Waals surface area (Å²) in [7, 11) is 0. The number of hydrogen-bond acceptors (Lipinski definition) is 2. The molecule has 3 nitrogen and oxygen atoms in total. The zero-order valence-corrected chi connectivity index (χ0v) is 10.8. The average Bonchev–Trinajstić information content (AvgIpc) is 2.21. The van der Waals surface area contributed by atoms with E-state index in [0.29, 0.717) is 18.5 Å². The van der Waals surface area contributed by atoms with Crippen molar-refractivity contribution in [3.05, 3.63) is 28.5 Å². The zero-order valence-electron chi connectivity index (χ0n) is 9.17. The highest BCUT2D eigenvalue weighted by atomic mass is 79.9. The van der Waals surface area contributed by atoms with Gasteiger partial charge in [-0.3, -0.25) is 4.79 Å². The molecule has 0 aliphatic heterocycles. The van der Waals surface area contributed by atoms with E-state index in [2.05, 4.69) is 21.2 Å². The maximum atomic E-state index is 13.4. The van der Waals surface area contributed by atoms with Gasteiger partial charge >= 0.3 is 5.97 Å². The van der Waals surface area contributed by atoms with E-state index in [9.17, 15) is 9.18 Å². The summed E-state index contributed by atoms with van der Waals surface area (Å²) in [5.41, 5.74) is -0.374. The molecule has 1 aromatic rings. The lowest BCUT2D eigenvalue weighted by Gasteiger charge is -2.37. The molecule has 0 aromatic heterocycles. The van der Waals surface area contributed by atoms with Gasteiger partial charge in [0, 0.05) is 11.0 Å². The van der Waals surface area contributed by atoms with E-state index < -0.39 is 11.4 Å². The standard InChI is InChI=1S/C12H13BrFNO2/c13-8-2-3-9(14)10(6-8)15-7-12(11(16)17)4-1-5-12/h2-3,6,15H,1,4-5,7H2,(H,16,17). The van der Waals surface area contributed by atoms with Gasteiger partial charge < -0.3 is 10.4 Å². The van der Waals surface area contributed by atoms with Crippen LogP contribution in [0.15, 0.2) is 22.7 Å². The number of anilines is 1. The van der Waals surface area contributed by atoms with Crippen molar-refractivity contribution < 1.29 is 14.3 Å². The van der Waals surface area contributed by atoms with Gasteiger partial charge in [-0.25, -0.2) is 4.39 Å². The lowest BCUT2D eigenvalue weighted by Crippen LogP contribution is -2.43. The van der Waals surface area contributed by atoms with Crippen molar-refractivity contribution in [3.8, 4) is 0 Å². The molecule has 0 saturated heterocycles. The van der Waals surface area contributed by atoms with E-state index in [0.717, 1.165) is 10.9 Å². The number of carboxylic acid groups (broad SMARTS) is 1. The molecule has 92 valence electrons. The topological polar surface area (TPSA) is 49.3 Å². The van der Waals surface area contributed by atoms with Crippen LogP contribution in [0.5, 0.6) is 0 Å². The SMILES string of the molecule is O=C(O)C1(CNc2cc(Br)ccc2F)CCC1. The number of carbonyl (C=O) groups is 1. The van der Waals surface area contributed by atoms with Gasteiger partial charge in [0.15, 0.2) is 0 Å². The van der Waals surface area contributed by atoms with Crippen LogP contribution in [0.1, 0.15) is 19.3 Å². The minimum absolute atomic E-state index is 0.274. The molecule has 0 radical (unpaired) electrons. The van der Waals surface area contributed by atoms with Gasteiger partial charge in [0.25, 0.3) is 0 Å². The van der Waals surface area contributed by atoms with Crippen LogP contribution in [0.25, 0.3) is 0 Å². The maximum Gasteiger partial charge on any atom is 0.311 e. The van der Waals surface area contributed by atoms with Gasteiger partial charge in [0.05, 0.1) is 11.1 Å². The predicted octanol–water partition coefficient (Wildman–Crippen LogP) is 3.26. The number of rotatable bonds is 4. The molecular weight excluding hydrogens is 289 g/mol. The summed E-state index contributed by atoms with van der Waals surface area (Å²) in [6.45, 7) is 0.274. The van der Waals surface area contributed by atoms with Crippen LogP contribution < -0.4 is 5.32 Å². The second kappa shape index (κ2) is 4.64. The van der Waals surface area contributed by atoms with Gasteiger partial charge in [0.2, 0.25) is 0 Å². The van der Waals surface area contributed by atoms with Crippen LogP contribution in [0.3, 0.4) is 0 Å². The van der Waals surface area contributed by atoms with Crippen molar-refractivity contribution in [1.29, 1.82) is 0 Å². The zero-order chi connectivity index (χ0) is 12.5. The first-order chi connectivity index (χ1) is 8.03. The highest BCUT2D eigenvalue weighted by Crippen LogP contribution is 2.41. The summed E-state index contributed by atoms with van der Waals surface area (Å²) in [5, 5.41) is 12.0. The van der Waals surface area contributed by atoms with E-state index in [-0.39, 0.29) is 12.4 Å². The number of aliphatic carboxylic acids is 1. The third-order valence-corrected chi connectivity index (χ3v) is 3.80. The second-order valence-electron chi connectivity index (χ2n) is 4.42. The minimum atomic E-state index is -0.799. The fourth-order valence-electron chi connectivity index (χ4n) is 1.97. The summed E-state index contributed by atoms with van der Waals surface area (Å²) < 4.78 is 14.2. The molecule has 1 fully saturated rings. The van der Waals surface area contributed by atoms with E-state index in [1.54, 1.807) is 12.1 Å². The minimum Gasteiger partial charge on any atom is -0.481 e. The van der Waals surface area contributed by atoms with E-state index >= 15 is 0 Å². The van der Waals surface area contributed by atoms with Crippen LogP contribution in [0.2, 0.25) is 0 Å². The lowest BCUT2D eigenvalue weighted by atomic mass is 9.69. The van der Waals surface area contributed by atoms with Crippen LogP contribution in [-0.2, 0) is 4.79 Å². The van der Waals surface area contributed by atoms with Crippen molar-refractivity contribution in [2.45, 2.75) is 19.3 Å². The highest BCUT2D eigenvalue weighted by molar-refractivity contribution is 9.10. The summed E-state index contributed by atoms with van der Waals surface area (Å²) in [6.07, 6.45) is 2.24. The van der Waals surface area contributed by atoms with Gasteiger partial charge in [-0.05, 0) is 31.0 Å². The normalized spacial score (nSPS) is 17.3. The summed E-state index contributed by atoms with van der Waals surface area (Å²) in [5.74, 6) is -1.17. The Bertz CT molecular complexity index is 446. The first-order valence-corrected chi connectivity index (χ1v) is 6.25. The smallest absolute Gasteiger partial charge is 0.311 e. The quantitative estimate of drug-likeness (QED) is 0.897. The molecule has 2 N–H and O–H groups in total. The summed E-state index contributed by atoms with van der Waals surface area (Å²) >= 11 is 3.25. The molecule has 2 rings (SSSR count). The number of nitrogens with one attached hydrogen (secondary N) is 1. The Morgan fingerprint density at radius 1 is 1.53 bits per heavy atom. The first kappa shape index (κ1) is 12.4. The lowest BCUT2D eigenvalue weighted by molar-refractivity contribution is -0.153. The highest BCUT2D eigenvalue weighted by Gasteiger charge is 2.44. The van der Waals surface area contributed by atoms with Crippen LogP contribution in [0, 0.1) is 11.2 Å². The van der Waals surface area contributed by atoms with Crippen molar-refractivity contribution in [1.82, 2.24) is 0 Å². The van der Waals surface area contributed by atoms with Crippen LogP contribution in [-0.4, -0.2) is 17.6 Å². The second-order valence-corrected chi connectivity index (χ2v) is 5.33. The molecule has 0 heterocycles.